The van der Waals surface area contributed by atoms with Crippen molar-refractivity contribution in [2.75, 3.05) is 38.2 Å². The van der Waals surface area contributed by atoms with Gasteiger partial charge in [-0.05, 0) is 18.6 Å². The first-order chi connectivity index (χ1) is 12.8. The third-order valence-corrected chi connectivity index (χ3v) is 5.27. The Kier molecular flexibility index (Phi) is 4.76. The number of hydrogen-bond acceptors (Lipinski definition) is 4. The van der Waals surface area contributed by atoms with Gasteiger partial charge in [-0.25, -0.2) is 0 Å². The predicted octanol–water partition coefficient (Wildman–Crippen LogP) is 3.87. The van der Waals surface area contributed by atoms with E-state index in [-0.39, 0.29) is 0 Å². The maximum absolute atomic E-state index is 5.62. The van der Waals surface area contributed by atoms with Gasteiger partial charge in [0.15, 0.2) is 0 Å². The summed E-state index contributed by atoms with van der Waals surface area (Å²) in [4.78, 5) is 9.63. The third-order valence-electron chi connectivity index (χ3n) is 5.27. The van der Waals surface area contributed by atoms with Gasteiger partial charge in [-0.2, -0.15) is 0 Å². The van der Waals surface area contributed by atoms with Crippen molar-refractivity contribution in [1.29, 1.82) is 0 Å². The number of aromatic nitrogens is 1. The van der Waals surface area contributed by atoms with Crippen LogP contribution in [0.4, 0.5) is 5.69 Å². The number of ether oxygens (including phenoxy) is 1. The van der Waals surface area contributed by atoms with Gasteiger partial charge in [0, 0.05) is 55.9 Å². The molecule has 2 aromatic carbocycles. The minimum Gasteiger partial charge on any atom is -0.496 e. The van der Waals surface area contributed by atoms with Gasteiger partial charge in [0.1, 0.15) is 5.75 Å². The topological polar surface area (TPSA) is 28.6 Å². The largest absolute Gasteiger partial charge is 0.496 e. The van der Waals surface area contributed by atoms with E-state index in [1.807, 2.05) is 12.3 Å². The van der Waals surface area contributed by atoms with E-state index in [0.717, 1.165) is 49.6 Å². The zero-order valence-electron chi connectivity index (χ0n) is 15.5. The molecule has 0 aliphatic carbocycles. The molecule has 2 heterocycles. The van der Waals surface area contributed by atoms with Crippen molar-refractivity contribution in [2.24, 2.45) is 0 Å². The van der Waals surface area contributed by atoms with E-state index in [9.17, 15) is 0 Å². The van der Waals surface area contributed by atoms with Gasteiger partial charge in [-0.3, -0.25) is 9.88 Å². The molecular weight excluding hydrogens is 322 g/mol. The predicted molar refractivity (Wildman–Crippen MR) is 107 cm³/mol. The Balaban J connectivity index is 1.55. The second-order valence-corrected chi connectivity index (χ2v) is 6.87. The molecule has 0 saturated carbocycles. The monoisotopic (exact) mass is 347 g/mol. The second kappa shape index (κ2) is 7.34. The maximum atomic E-state index is 5.62. The molecule has 1 aromatic heterocycles. The average Bonchev–Trinajstić information content (AvgIpc) is 2.70. The normalized spacial score (nSPS) is 15.4. The van der Waals surface area contributed by atoms with Crippen molar-refractivity contribution in [2.45, 2.75) is 13.5 Å². The Morgan fingerprint density at radius 2 is 1.77 bits per heavy atom. The van der Waals surface area contributed by atoms with Crippen LogP contribution in [0.2, 0.25) is 0 Å². The highest BCUT2D eigenvalue weighted by molar-refractivity contribution is 5.95. The standard InChI is InChI=1S/C22H25N3O/c1-17-19-9-6-10-23-22(19)20(15-21(17)26-2)25-13-11-24(12-14-25)16-18-7-4-3-5-8-18/h3-10,15H,11-14,16H2,1-2H3. The molecule has 0 radical (unpaired) electrons. The molecule has 0 bridgehead atoms. The van der Waals surface area contributed by atoms with Crippen LogP contribution in [0, 0.1) is 6.92 Å². The van der Waals surface area contributed by atoms with Crippen LogP contribution in [0.1, 0.15) is 11.1 Å². The molecular formula is C22H25N3O. The fraction of sp³-hybridized carbons (Fsp3) is 0.318. The lowest BCUT2D eigenvalue weighted by atomic mass is 10.1. The molecule has 4 heteroatoms. The number of nitrogens with zero attached hydrogens (tertiary/aromatic N) is 3. The number of methoxy groups -OCH3 is 1. The Labute approximate surface area is 155 Å². The third kappa shape index (κ3) is 3.25. The van der Waals surface area contributed by atoms with Crippen LogP contribution >= 0.6 is 0 Å². The summed E-state index contributed by atoms with van der Waals surface area (Å²) in [6, 6.07) is 17.0. The summed E-state index contributed by atoms with van der Waals surface area (Å²) in [5.41, 5.74) is 4.79. The summed E-state index contributed by atoms with van der Waals surface area (Å²) in [5, 5.41) is 1.17. The summed E-state index contributed by atoms with van der Waals surface area (Å²) < 4.78 is 5.62. The van der Waals surface area contributed by atoms with Gasteiger partial charge >= 0.3 is 0 Å². The quantitative estimate of drug-likeness (QED) is 0.716. The zero-order valence-corrected chi connectivity index (χ0v) is 15.5. The number of anilines is 1. The lowest BCUT2D eigenvalue weighted by Crippen LogP contribution is -2.46. The molecule has 1 aliphatic heterocycles. The lowest BCUT2D eigenvalue weighted by molar-refractivity contribution is 0.250. The van der Waals surface area contributed by atoms with Crippen LogP contribution in [0.3, 0.4) is 0 Å². The van der Waals surface area contributed by atoms with E-state index in [1.165, 1.54) is 16.6 Å². The van der Waals surface area contributed by atoms with Gasteiger partial charge in [0.2, 0.25) is 0 Å². The molecule has 134 valence electrons. The first kappa shape index (κ1) is 16.9. The molecule has 1 saturated heterocycles. The molecule has 1 aliphatic rings. The van der Waals surface area contributed by atoms with Crippen molar-refractivity contribution < 1.29 is 4.74 Å². The number of benzene rings is 2. The van der Waals surface area contributed by atoms with Crippen LogP contribution in [0.5, 0.6) is 5.75 Å². The van der Waals surface area contributed by atoms with Gasteiger partial charge in [-0.1, -0.05) is 36.4 Å². The van der Waals surface area contributed by atoms with E-state index in [2.05, 4.69) is 64.2 Å². The highest BCUT2D eigenvalue weighted by atomic mass is 16.5. The van der Waals surface area contributed by atoms with Crippen LogP contribution in [-0.2, 0) is 6.54 Å². The molecule has 1 fully saturated rings. The van der Waals surface area contributed by atoms with Crippen LogP contribution in [0.15, 0.2) is 54.7 Å². The van der Waals surface area contributed by atoms with E-state index in [0.29, 0.717) is 0 Å². The van der Waals surface area contributed by atoms with Crippen molar-refractivity contribution in [3.8, 4) is 5.75 Å². The number of piperazine rings is 1. The molecule has 4 nitrogen and oxygen atoms in total. The number of aryl methyl sites for hydroxylation is 1. The van der Waals surface area contributed by atoms with Crippen molar-refractivity contribution in [1.82, 2.24) is 9.88 Å². The summed E-state index contributed by atoms with van der Waals surface area (Å²) in [5.74, 6) is 0.937. The second-order valence-electron chi connectivity index (χ2n) is 6.87. The van der Waals surface area contributed by atoms with Gasteiger partial charge < -0.3 is 9.64 Å². The minimum absolute atomic E-state index is 0.937. The van der Waals surface area contributed by atoms with Crippen molar-refractivity contribution >= 4 is 16.6 Å². The van der Waals surface area contributed by atoms with E-state index < -0.39 is 0 Å². The highest BCUT2D eigenvalue weighted by Crippen LogP contribution is 2.35. The number of rotatable bonds is 4. The van der Waals surface area contributed by atoms with Crippen molar-refractivity contribution in [3.63, 3.8) is 0 Å². The summed E-state index contributed by atoms with van der Waals surface area (Å²) >= 11 is 0. The molecule has 26 heavy (non-hydrogen) atoms. The molecule has 0 atom stereocenters. The van der Waals surface area contributed by atoms with Crippen LogP contribution in [0.25, 0.3) is 10.9 Å². The molecule has 0 spiro atoms. The fourth-order valence-corrected chi connectivity index (χ4v) is 3.79. The first-order valence-corrected chi connectivity index (χ1v) is 9.20. The molecule has 3 aromatic rings. The van der Waals surface area contributed by atoms with E-state index in [1.54, 1.807) is 7.11 Å². The first-order valence-electron chi connectivity index (χ1n) is 9.20. The summed E-state index contributed by atoms with van der Waals surface area (Å²) in [7, 11) is 1.74. The average molecular weight is 347 g/mol. The zero-order chi connectivity index (χ0) is 17.9. The number of fused-ring (bicyclic) bond motifs is 1. The Hall–Kier alpha value is -2.59. The maximum Gasteiger partial charge on any atom is 0.124 e. The Morgan fingerprint density at radius 3 is 2.50 bits per heavy atom. The lowest BCUT2D eigenvalue weighted by Gasteiger charge is -2.36. The molecule has 0 N–H and O–H groups in total. The number of hydrogen-bond donors (Lipinski definition) is 0. The Bertz CT molecular complexity index is 887. The van der Waals surface area contributed by atoms with Gasteiger partial charge in [0.05, 0.1) is 18.3 Å². The summed E-state index contributed by atoms with van der Waals surface area (Å²) in [6.07, 6.45) is 1.88. The van der Waals surface area contributed by atoms with Gasteiger partial charge in [0.25, 0.3) is 0 Å². The number of pyridine rings is 1. The highest BCUT2D eigenvalue weighted by Gasteiger charge is 2.21. The molecule has 0 unspecified atom stereocenters. The fourth-order valence-electron chi connectivity index (χ4n) is 3.79. The van der Waals surface area contributed by atoms with Crippen molar-refractivity contribution in [3.05, 3.63) is 65.9 Å². The van der Waals surface area contributed by atoms with Crippen LogP contribution in [-0.4, -0.2) is 43.2 Å². The summed E-state index contributed by atoms with van der Waals surface area (Å²) in [6.45, 7) is 7.24. The molecule has 0 amide bonds. The van der Waals surface area contributed by atoms with Crippen LogP contribution < -0.4 is 9.64 Å². The minimum atomic E-state index is 0.937. The molecule has 4 rings (SSSR count). The van der Waals surface area contributed by atoms with E-state index >= 15 is 0 Å². The van der Waals surface area contributed by atoms with Gasteiger partial charge in [-0.15, -0.1) is 0 Å². The smallest absolute Gasteiger partial charge is 0.124 e. The SMILES string of the molecule is COc1cc(N2CCN(Cc3ccccc3)CC2)c2ncccc2c1C. The van der Waals surface area contributed by atoms with E-state index in [4.69, 9.17) is 4.74 Å². The Morgan fingerprint density at radius 1 is 1.00 bits per heavy atom.